The molecule has 0 spiro atoms. The van der Waals surface area contributed by atoms with Crippen LogP contribution in [0.2, 0.25) is 0 Å². The summed E-state index contributed by atoms with van der Waals surface area (Å²) in [5.74, 6) is 0.988. The molecule has 7 nitrogen and oxygen atoms in total. The standard InChI is InChI=1S/C22H34N2O5/c1-15(2)24-21(25)14-29-19-10-9-17(13-20(19)27-4)22(26)23-11-12-28-18-8-6-5-7-16(18)3/h9-10,13,15-16,18H,5-8,11-12,14H2,1-4H3,(H,23,26)(H,24,25). The number of benzene rings is 1. The molecule has 0 heterocycles. The Bertz CT molecular complexity index is 677. The molecule has 0 saturated heterocycles. The Morgan fingerprint density at radius 2 is 1.93 bits per heavy atom. The summed E-state index contributed by atoms with van der Waals surface area (Å²) < 4.78 is 16.7. The molecule has 1 saturated carbocycles. The third-order valence-electron chi connectivity index (χ3n) is 4.99. The van der Waals surface area contributed by atoms with E-state index in [0.29, 0.717) is 42.2 Å². The van der Waals surface area contributed by atoms with Crippen LogP contribution in [0.15, 0.2) is 18.2 Å². The van der Waals surface area contributed by atoms with Gasteiger partial charge in [-0.1, -0.05) is 19.8 Å². The SMILES string of the molecule is COc1cc(C(=O)NCCOC2CCCCC2C)ccc1OCC(=O)NC(C)C. The number of rotatable bonds is 10. The molecule has 0 bridgehead atoms. The van der Waals surface area contributed by atoms with Crippen LogP contribution in [0.25, 0.3) is 0 Å². The van der Waals surface area contributed by atoms with E-state index in [4.69, 9.17) is 14.2 Å². The quantitative estimate of drug-likeness (QED) is 0.584. The number of nitrogens with one attached hydrogen (secondary N) is 2. The van der Waals surface area contributed by atoms with Gasteiger partial charge in [0.1, 0.15) is 0 Å². The van der Waals surface area contributed by atoms with Crippen molar-refractivity contribution < 1.29 is 23.8 Å². The predicted octanol–water partition coefficient (Wildman–Crippen LogP) is 2.92. The zero-order valence-electron chi connectivity index (χ0n) is 18.0. The minimum absolute atomic E-state index is 0.0457. The molecule has 7 heteroatoms. The van der Waals surface area contributed by atoms with Gasteiger partial charge in [-0.3, -0.25) is 9.59 Å². The van der Waals surface area contributed by atoms with Gasteiger partial charge in [0.15, 0.2) is 18.1 Å². The summed E-state index contributed by atoms with van der Waals surface area (Å²) >= 11 is 0. The molecule has 29 heavy (non-hydrogen) atoms. The third kappa shape index (κ3) is 7.57. The Labute approximate surface area is 173 Å². The lowest BCUT2D eigenvalue weighted by Crippen LogP contribution is -2.34. The second-order valence-electron chi connectivity index (χ2n) is 7.80. The summed E-state index contributed by atoms with van der Waals surface area (Å²) in [6.07, 6.45) is 5.11. The Morgan fingerprint density at radius 1 is 1.17 bits per heavy atom. The molecule has 0 radical (unpaired) electrons. The van der Waals surface area contributed by atoms with Gasteiger partial charge in [-0.05, 0) is 50.8 Å². The highest BCUT2D eigenvalue weighted by Gasteiger charge is 2.21. The number of carbonyl (C=O) groups is 2. The topological polar surface area (TPSA) is 85.9 Å². The first-order chi connectivity index (χ1) is 13.9. The van der Waals surface area contributed by atoms with Gasteiger partial charge in [-0.15, -0.1) is 0 Å². The van der Waals surface area contributed by atoms with Crippen LogP contribution in [0.4, 0.5) is 0 Å². The average molecular weight is 407 g/mol. The fraction of sp³-hybridized carbons (Fsp3) is 0.636. The van der Waals surface area contributed by atoms with Gasteiger partial charge in [-0.2, -0.15) is 0 Å². The highest BCUT2D eigenvalue weighted by molar-refractivity contribution is 5.94. The van der Waals surface area contributed by atoms with E-state index in [9.17, 15) is 9.59 Å². The lowest BCUT2D eigenvalue weighted by Gasteiger charge is -2.28. The summed E-state index contributed by atoms with van der Waals surface area (Å²) in [6.45, 7) is 6.84. The van der Waals surface area contributed by atoms with Crippen LogP contribution in [0.3, 0.4) is 0 Å². The van der Waals surface area contributed by atoms with Crippen LogP contribution >= 0.6 is 0 Å². The van der Waals surface area contributed by atoms with Crippen molar-refractivity contribution in [2.75, 3.05) is 26.9 Å². The molecule has 1 aliphatic rings. The van der Waals surface area contributed by atoms with E-state index in [1.807, 2.05) is 13.8 Å². The lowest BCUT2D eigenvalue weighted by molar-refractivity contribution is -0.123. The molecular formula is C22H34N2O5. The van der Waals surface area contributed by atoms with Crippen molar-refractivity contribution in [2.24, 2.45) is 5.92 Å². The lowest BCUT2D eigenvalue weighted by atomic mass is 9.88. The van der Waals surface area contributed by atoms with Crippen molar-refractivity contribution in [3.05, 3.63) is 23.8 Å². The first-order valence-corrected chi connectivity index (χ1v) is 10.4. The Balaban J connectivity index is 1.81. The molecule has 162 valence electrons. The Morgan fingerprint density at radius 3 is 2.62 bits per heavy atom. The van der Waals surface area contributed by atoms with Crippen molar-refractivity contribution in [3.63, 3.8) is 0 Å². The normalized spacial score (nSPS) is 18.9. The predicted molar refractivity (Wildman–Crippen MR) is 111 cm³/mol. The highest BCUT2D eigenvalue weighted by atomic mass is 16.5. The summed E-state index contributed by atoms with van der Waals surface area (Å²) in [5.41, 5.74) is 0.465. The smallest absolute Gasteiger partial charge is 0.258 e. The second kappa shape index (κ2) is 11.7. The zero-order chi connectivity index (χ0) is 21.2. The molecule has 1 fully saturated rings. The molecule has 2 amide bonds. The van der Waals surface area contributed by atoms with E-state index in [0.717, 1.165) is 6.42 Å². The van der Waals surface area contributed by atoms with E-state index in [1.54, 1.807) is 18.2 Å². The molecule has 2 unspecified atom stereocenters. The first-order valence-electron chi connectivity index (χ1n) is 10.4. The van der Waals surface area contributed by atoms with E-state index in [2.05, 4.69) is 17.6 Å². The number of hydrogen-bond acceptors (Lipinski definition) is 5. The van der Waals surface area contributed by atoms with Gasteiger partial charge in [0.05, 0.1) is 19.8 Å². The van der Waals surface area contributed by atoms with Crippen molar-refractivity contribution >= 4 is 11.8 Å². The number of ether oxygens (including phenoxy) is 3. The van der Waals surface area contributed by atoms with Gasteiger partial charge in [-0.25, -0.2) is 0 Å². The van der Waals surface area contributed by atoms with Crippen LogP contribution < -0.4 is 20.1 Å². The van der Waals surface area contributed by atoms with Gasteiger partial charge < -0.3 is 24.8 Å². The minimum Gasteiger partial charge on any atom is -0.493 e. The van der Waals surface area contributed by atoms with Crippen LogP contribution in [-0.4, -0.2) is 50.8 Å². The monoisotopic (exact) mass is 406 g/mol. The molecular weight excluding hydrogens is 372 g/mol. The Kier molecular flexibility index (Phi) is 9.25. The van der Waals surface area contributed by atoms with Crippen LogP contribution in [0, 0.1) is 5.92 Å². The van der Waals surface area contributed by atoms with Crippen molar-refractivity contribution in [1.82, 2.24) is 10.6 Å². The molecule has 2 rings (SSSR count). The highest BCUT2D eigenvalue weighted by Crippen LogP contribution is 2.28. The van der Waals surface area contributed by atoms with Crippen molar-refractivity contribution in [3.8, 4) is 11.5 Å². The molecule has 2 N–H and O–H groups in total. The number of methoxy groups -OCH3 is 1. The summed E-state index contributed by atoms with van der Waals surface area (Å²) in [5, 5.41) is 5.63. The van der Waals surface area contributed by atoms with E-state index in [-0.39, 0.29) is 24.5 Å². The van der Waals surface area contributed by atoms with Crippen LogP contribution in [0.5, 0.6) is 11.5 Å². The maximum atomic E-state index is 12.4. The molecule has 1 aliphatic carbocycles. The fourth-order valence-electron chi connectivity index (χ4n) is 3.44. The van der Waals surface area contributed by atoms with Crippen LogP contribution in [0.1, 0.15) is 56.8 Å². The molecule has 1 aromatic carbocycles. The van der Waals surface area contributed by atoms with Crippen molar-refractivity contribution in [1.29, 1.82) is 0 Å². The first kappa shape index (κ1) is 23.0. The van der Waals surface area contributed by atoms with Crippen LogP contribution in [-0.2, 0) is 9.53 Å². The van der Waals surface area contributed by atoms with Gasteiger partial charge in [0, 0.05) is 18.2 Å². The van der Waals surface area contributed by atoms with Gasteiger partial charge in [0.2, 0.25) is 0 Å². The molecule has 0 aliphatic heterocycles. The van der Waals surface area contributed by atoms with Gasteiger partial charge in [0.25, 0.3) is 11.8 Å². The van der Waals surface area contributed by atoms with Gasteiger partial charge >= 0.3 is 0 Å². The van der Waals surface area contributed by atoms with E-state index >= 15 is 0 Å². The summed E-state index contributed by atoms with van der Waals surface area (Å²) in [4.78, 5) is 24.1. The maximum Gasteiger partial charge on any atom is 0.258 e. The third-order valence-corrected chi connectivity index (χ3v) is 4.99. The average Bonchev–Trinajstić information content (AvgIpc) is 2.70. The zero-order valence-corrected chi connectivity index (χ0v) is 18.0. The maximum absolute atomic E-state index is 12.4. The Hall–Kier alpha value is -2.28. The van der Waals surface area contributed by atoms with E-state index < -0.39 is 0 Å². The largest absolute Gasteiger partial charge is 0.493 e. The summed E-state index contributed by atoms with van der Waals surface area (Å²) in [7, 11) is 1.50. The van der Waals surface area contributed by atoms with E-state index in [1.165, 1.54) is 26.4 Å². The number of carbonyl (C=O) groups excluding carboxylic acids is 2. The van der Waals surface area contributed by atoms with Crippen molar-refractivity contribution in [2.45, 2.75) is 58.6 Å². The number of amides is 2. The fourth-order valence-corrected chi connectivity index (χ4v) is 3.44. The summed E-state index contributed by atoms with van der Waals surface area (Å²) in [6, 6.07) is 4.94. The molecule has 0 aromatic heterocycles. The second-order valence-corrected chi connectivity index (χ2v) is 7.80. The molecule has 2 atom stereocenters. The molecule has 1 aromatic rings. The number of hydrogen-bond donors (Lipinski definition) is 2. The minimum atomic E-state index is -0.212.